The summed E-state index contributed by atoms with van der Waals surface area (Å²) in [5.74, 6) is 0.895. The van der Waals surface area contributed by atoms with Crippen LogP contribution in [-0.4, -0.2) is 18.5 Å². The lowest BCUT2D eigenvalue weighted by molar-refractivity contribution is 0.414. The van der Waals surface area contributed by atoms with Gasteiger partial charge in [-0.1, -0.05) is 30.9 Å². The maximum absolute atomic E-state index is 5.31. The van der Waals surface area contributed by atoms with E-state index < -0.39 is 0 Å². The summed E-state index contributed by atoms with van der Waals surface area (Å²) in [5, 5.41) is 1.22. The van der Waals surface area contributed by atoms with Crippen LogP contribution in [0.25, 0.3) is 0 Å². The Hall–Kier alpha value is -1.00. The standard InChI is InChI=1S/C14H17NOS2/c1-4-11(17)9-14-15(5-2)12-8-10(16-3)6-7-13(12)18-14/h6-9H,4-5H2,1-3H3/b14-9-. The van der Waals surface area contributed by atoms with Crippen molar-refractivity contribution in [3.8, 4) is 5.75 Å². The Labute approximate surface area is 118 Å². The molecule has 0 atom stereocenters. The van der Waals surface area contributed by atoms with Crippen LogP contribution in [0, 0.1) is 0 Å². The fourth-order valence-electron chi connectivity index (χ4n) is 1.88. The van der Waals surface area contributed by atoms with Crippen LogP contribution in [0.15, 0.2) is 34.2 Å². The lowest BCUT2D eigenvalue weighted by Crippen LogP contribution is -2.17. The molecule has 0 aliphatic carbocycles. The summed E-state index contributed by atoms with van der Waals surface area (Å²) in [6, 6.07) is 6.19. The van der Waals surface area contributed by atoms with Gasteiger partial charge in [0.05, 0.1) is 17.8 Å². The smallest absolute Gasteiger partial charge is 0.121 e. The average molecular weight is 279 g/mol. The molecule has 1 aromatic carbocycles. The Balaban J connectivity index is 2.37. The van der Waals surface area contributed by atoms with Gasteiger partial charge in [-0.2, -0.15) is 0 Å². The van der Waals surface area contributed by atoms with E-state index in [1.165, 1.54) is 15.6 Å². The SMILES string of the molecule is CCC(=S)/C=C1\Sc2ccc(OC)cc2N1CC. The van der Waals surface area contributed by atoms with Crippen molar-refractivity contribution in [1.29, 1.82) is 0 Å². The number of hydrogen-bond acceptors (Lipinski definition) is 4. The molecule has 0 N–H and O–H groups in total. The molecule has 0 unspecified atom stereocenters. The van der Waals surface area contributed by atoms with E-state index in [0.29, 0.717) is 0 Å². The summed E-state index contributed by atoms with van der Waals surface area (Å²) in [5.41, 5.74) is 1.21. The number of nitrogens with zero attached hydrogens (tertiary/aromatic N) is 1. The highest BCUT2D eigenvalue weighted by Crippen LogP contribution is 2.47. The number of hydrogen-bond donors (Lipinski definition) is 0. The molecule has 96 valence electrons. The van der Waals surface area contributed by atoms with Crippen LogP contribution in [0.1, 0.15) is 20.3 Å². The zero-order valence-corrected chi connectivity index (χ0v) is 12.5. The Bertz CT molecular complexity index is 497. The van der Waals surface area contributed by atoms with Crippen molar-refractivity contribution >= 4 is 34.5 Å². The molecule has 0 spiro atoms. The van der Waals surface area contributed by atoms with Gasteiger partial charge in [-0.25, -0.2) is 0 Å². The number of thioether (sulfide) groups is 1. The zero-order valence-electron chi connectivity index (χ0n) is 10.9. The number of ether oxygens (including phenoxy) is 1. The molecule has 0 saturated heterocycles. The van der Waals surface area contributed by atoms with E-state index in [1.807, 2.05) is 6.07 Å². The second kappa shape index (κ2) is 5.76. The minimum atomic E-state index is 0.895. The molecular weight excluding hydrogens is 262 g/mol. The van der Waals surface area contributed by atoms with Crippen molar-refractivity contribution in [1.82, 2.24) is 0 Å². The second-order valence-corrected chi connectivity index (χ2v) is 5.57. The quantitative estimate of drug-likeness (QED) is 0.603. The fraction of sp³-hybridized carbons (Fsp3) is 0.357. The minimum Gasteiger partial charge on any atom is -0.497 e. The van der Waals surface area contributed by atoms with Crippen molar-refractivity contribution < 1.29 is 4.74 Å². The summed E-state index contributed by atoms with van der Waals surface area (Å²) < 4.78 is 5.29. The van der Waals surface area contributed by atoms with Gasteiger partial charge in [-0.05, 0) is 31.6 Å². The lowest BCUT2D eigenvalue weighted by atomic mass is 10.2. The first kappa shape index (κ1) is 13.4. The van der Waals surface area contributed by atoms with Crippen LogP contribution in [0.2, 0.25) is 0 Å². The van der Waals surface area contributed by atoms with Crippen LogP contribution >= 0.6 is 24.0 Å². The molecule has 2 rings (SSSR count). The molecule has 1 aromatic rings. The minimum absolute atomic E-state index is 0.895. The van der Waals surface area contributed by atoms with Gasteiger partial charge in [0, 0.05) is 22.4 Å². The van der Waals surface area contributed by atoms with Gasteiger partial charge in [0.25, 0.3) is 0 Å². The van der Waals surface area contributed by atoms with E-state index >= 15 is 0 Å². The van der Waals surface area contributed by atoms with Gasteiger partial charge < -0.3 is 9.64 Å². The van der Waals surface area contributed by atoms with Crippen molar-refractivity contribution in [3.05, 3.63) is 29.3 Å². The van der Waals surface area contributed by atoms with E-state index in [0.717, 1.165) is 23.6 Å². The monoisotopic (exact) mass is 279 g/mol. The van der Waals surface area contributed by atoms with Crippen LogP contribution < -0.4 is 9.64 Å². The Morgan fingerprint density at radius 3 is 2.83 bits per heavy atom. The molecular formula is C14H17NOS2. The van der Waals surface area contributed by atoms with E-state index in [1.54, 1.807) is 18.9 Å². The molecule has 0 saturated carbocycles. The molecule has 1 aliphatic rings. The first-order valence-corrected chi connectivity index (χ1v) is 7.30. The number of methoxy groups -OCH3 is 1. The number of thiocarbonyl (C=S) groups is 1. The fourth-order valence-corrected chi connectivity index (χ4v) is 3.24. The van der Waals surface area contributed by atoms with Crippen LogP contribution in [-0.2, 0) is 0 Å². The Morgan fingerprint density at radius 2 is 2.22 bits per heavy atom. The van der Waals surface area contributed by atoms with Gasteiger partial charge in [0.15, 0.2) is 0 Å². The highest BCUT2D eigenvalue weighted by molar-refractivity contribution is 8.03. The highest BCUT2D eigenvalue weighted by Gasteiger charge is 2.24. The van der Waals surface area contributed by atoms with Crippen molar-refractivity contribution in [3.63, 3.8) is 0 Å². The lowest BCUT2D eigenvalue weighted by Gasteiger charge is -2.18. The topological polar surface area (TPSA) is 12.5 Å². The van der Waals surface area contributed by atoms with Crippen molar-refractivity contribution in [2.24, 2.45) is 0 Å². The zero-order chi connectivity index (χ0) is 13.1. The average Bonchev–Trinajstić information content (AvgIpc) is 2.74. The summed E-state index contributed by atoms with van der Waals surface area (Å²) in [6.45, 7) is 5.18. The summed E-state index contributed by atoms with van der Waals surface area (Å²) >= 11 is 7.09. The molecule has 0 fully saturated rings. The van der Waals surface area contributed by atoms with Gasteiger partial charge >= 0.3 is 0 Å². The van der Waals surface area contributed by atoms with Crippen LogP contribution in [0.5, 0.6) is 5.75 Å². The maximum Gasteiger partial charge on any atom is 0.121 e. The van der Waals surface area contributed by atoms with E-state index in [2.05, 4.69) is 37.0 Å². The number of rotatable bonds is 4. The van der Waals surface area contributed by atoms with Gasteiger partial charge in [-0.3, -0.25) is 0 Å². The predicted molar refractivity (Wildman–Crippen MR) is 82.8 cm³/mol. The van der Waals surface area contributed by atoms with Gasteiger partial charge in [-0.15, -0.1) is 0 Å². The summed E-state index contributed by atoms with van der Waals surface area (Å²) in [6.07, 6.45) is 3.02. The molecule has 4 heteroatoms. The third-order valence-corrected chi connectivity index (χ3v) is 4.41. The Kier molecular flexibility index (Phi) is 4.30. The molecule has 0 bridgehead atoms. The number of benzene rings is 1. The third kappa shape index (κ3) is 2.54. The van der Waals surface area contributed by atoms with Crippen molar-refractivity contribution in [2.75, 3.05) is 18.6 Å². The highest BCUT2D eigenvalue weighted by atomic mass is 32.2. The Morgan fingerprint density at radius 1 is 1.44 bits per heavy atom. The number of anilines is 1. The summed E-state index contributed by atoms with van der Waals surface area (Å²) in [7, 11) is 1.70. The molecule has 1 heterocycles. The number of fused-ring (bicyclic) bond motifs is 1. The number of allylic oxidation sites excluding steroid dienone is 1. The van der Waals surface area contributed by atoms with E-state index in [-0.39, 0.29) is 0 Å². The second-order valence-electron chi connectivity index (χ2n) is 3.98. The van der Waals surface area contributed by atoms with E-state index in [4.69, 9.17) is 17.0 Å². The van der Waals surface area contributed by atoms with Gasteiger partial charge in [0.1, 0.15) is 5.75 Å². The van der Waals surface area contributed by atoms with Crippen LogP contribution in [0.4, 0.5) is 5.69 Å². The molecule has 0 amide bonds. The first-order chi connectivity index (χ1) is 8.69. The summed E-state index contributed by atoms with van der Waals surface area (Å²) in [4.78, 5) is 4.54. The predicted octanol–water partition coefficient (Wildman–Crippen LogP) is 4.25. The largest absolute Gasteiger partial charge is 0.497 e. The van der Waals surface area contributed by atoms with E-state index in [9.17, 15) is 0 Å². The third-order valence-electron chi connectivity index (χ3n) is 2.89. The van der Waals surface area contributed by atoms with Crippen LogP contribution in [0.3, 0.4) is 0 Å². The van der Waals surface area contributed by atoms with Crippen molar-refractivity contribution in [2.45, 2.75) is 25.2 Å². The molecule has 18 heavy (non-hydrogen) atoms. The molecule has 1 aliphatic heterocycles. The molecule has 0 aromatic heterocycles. The van der Waals surface area contributed by atoms with Gasteiger partial charge in [0.2, 0.25) is 0 Å². The molecule has 0 radical (unpaired) electrons. The molecule has 2 nitrogen and oxygen atoms in total. The normalized spacial score (nSPS) is 15.9. The maximum atomic E-state index is 5.31. The first-order valence-electron chi connectivity index (χ1n) is 6.07.